The Hall–Kier alpha value is 0.494. The summed E-state index contributed by atoms with van der Waals surface area (Å²) in [4.78, 5) is 0. The van der Waals surface area contributed by atoms with E-state index in [4.69, 9.17) is 0 Å². The first-order valence-corrected chi connectivity index (χ1v) is 3.21. The number of unbranched alkanes of at least 4 members (excludes halogenated alkanes) is 4. The van der Waals surface area contributed by atoms with Crippen molar-refractivity contribution in [2.75, 3.05) is 0 Å². The fourth-order valence-corrected chi connectivity index (χ4v) is 0.604. The van der Waals surface area contributed by atoms with Gasteiger partial charge in [0, 0.05) is 16.5 Å². The molecular weight excluding hydrogens is 143 g/mol. The molecule has 0 amide bonds. The molecule has 0 saturated heterocycles. The molecule has 0 fully saturated rings. The zero-order chi connectivity index (χ0) is 5.54. The van der Waals surface area contributed by atoms with E-state index in [2.05, 4.69) is 13.8 Å². The molecule has 1 heteroatoms. The molecule has 0 aliphatic heterocycles. The van der Waals surface area contributed by atoms with Gasteiger partial charge in [-0.25, -0.2) is 0 Å². The molecule has 0 aliphatic rings. The van der Waals surface area contributed by atoms with Gasteiger partial charge in [-0.15, -0.1) is 0 Å². The fourth-order valence-electron chi connectivity index (χ4n) is 0.604. The van der Waals surface area contributed by atoms with Crippen LogP contribution in [0.5, 0.6) is 0 Å². The minimum absolute atomic E-state index is 0. The second-order valence-corrected chi connectivity index (χ2v) is 1.91. The summed E-state index contributed by atoms with van der Waals surface area (Å²) in [6.07, 6.45) is 6.52. The molecule has 0 bridgehead atoms. The molecule has 0 aromatic rings. The van der Waals surface area contributed by atoms with E-state index < -0.39 is 0 Å². The molecular formula is C7H15Ni. The van der Waals surface area contributed by atoms with Gasteiger partial charge in [-0.3, -0.25) is 0 Å². The maximum Gasteiger partial charge on any atom is 0 e. The van der Waals surface area contributed by atoms with Crippen LogP contribution in [0.25, 0.3) is 0 Å². The third-order valence-corrected chi connectivity index (χ3v) is 1.10. The van der Waals surface area contributed by atoms with Crippen LogP contribution in [0.4, 0.5) is 0 Å². The van der Waals surface area contributed by atoms with E-state index in [0.717, 1.165) is 6.42 Å². The van der Waals surface area contributed by atoms with Crippen LogP contribution in [0.3, 0.4) is 0 Å². The fraction of sp³-hybridized carbons (Fsp3) is 0.857. The summed E-state index contributed by atoms with van der Waals surface area (Å²) in [7, 11) is 0. The second kappa shape index (κ2) is 10.5. The minimum atomic E-state index is 0. The molecule has 53 valence electrons. The smallest absolute Gasteiger partial charge is 0 e. The van der Waals surface area contributed by atoms with Crippen LogP contribution in [0.2, 0.25) is 0 Å². The van der Waals surface area contributed by atoms with Gasteiger partial charge in [-0.2, -0.15) is 0 Å². The molecule has 0 spiro atoms. The number of hydrogen-bond donors (Lipinski definition) is 0. The molecule has 0 saturated carbocycles. The van der Waals surface area contributed by atoms with E-state index in [1.165, 1.54) is 25.7 Å². The predicted molar refractivity (Wildman–Crippen MR) is 34.1 cm³/mol. The minimum Gasteiger partial charge on any atom is -0.0654 e. The molecule has 0 unspecified atom stereocenters. The van der Waals surface area contributed by atoms with E-state index in [9.17, 15) is 0 Å². The van der Waals surface area contributed by atoms with E-state index in [1.807, 2.05) is 0 Å². The Labute approximate surface area is 63.0 Å². The summed E-state index contributed by atoms with van der Waals surface area (Å²) >= 11 is 0. The molecule has 0 heterocycles. The molecule has 0 aliphatic carbocycles. The topological polar surface area (TPSA) is 0 Å². The number of rotatable bonds is 4. The summed E-state index contributed by atoms with van der Waals surface area (Å²) in [5.41, 5.74) is 0. The van der Waals surface area contributed by atoms with E-state index in [1.54, 1.807) is 0 Å². The van der Waals surface area contributed by atoms with Crippen molar-refractivity contribution in [3.8, 4) is 0 Å². The van der Waals surface area contributed by atoms with Crippen LogP contribution >= 0.6 is 0 Å². The standard InChI is InChI=1S/C7H15.Ni/c1-3-5-7-6-4-2;/h1,3-7H2,2H3;. The van der Waals surface area contributed by atoms with Crippen molar-refractivity contribution in [3.63, 3.8) is 0 Å². The first-order chi connectivity index (χ1) is 3.41. The molecule has 0 aromatic heterocycles. The summed E-state index contributed by atoms with van der Waals surface area (Å²) in [5, 5.41) is 0. The molecule has 1 radical (unpaired) electrons. The molecule has 0 aromatic carbocycles. The van der Waals surface area contributed by atoms with Crippen LogP contribution in [-0.2, 0) is 16.5 Å². The van der Waals surface area contributed by atoms with Crippen LogP contribution in [0.1, 0.15) is 39.0 Å². The van der Waals surface area contributed by atoms with Gasteiger partial charge in [0.1, 0.15) is 0 Å². The normalized spacial score (nSPS) is 8.25. The van der Waals surface area contributed by atoms with E-state index >= 15 is 0 Å². The Morgan fingerprint density at radius 1 is 1.12 bits per heavy atom. The van der Waals surface area contributed by atoms with Crippen molar-refractivity contribution in [1.29, 1.82) is 0 Å². The van der Waals surface area contributed by atoms with E-state index in [-0.39, 0.29) is 16.5 Å². The van der Waals surface area contributed by atoms with Gasteiger partial charge in [0.05, 0.1) is 0 Å². The van der Waals surface area contributed by atoms with Crippen molar-refractivity contribution in [3.05, 3.63) is 6.92 Å². The Balaban J connectivity index is 0. The van der Waals surface area contributed by atoms with Crippen LogP contribution in [0.15, 0.2) is 0 Å². The van der Waals surface area contributed by atoms with Gasteiger partial charge in [0.25, 0.3) is 0 Å². The third-order valence-electron chi connectivity index (χ3n) is 1.10. The molecule has 0 N–H and O–H groups in total. The van der Waals surface area contributed by atoms with Gasteiger partial charge in [0.2, 0.25) is 0 Å². The average molecular weight is 158 g/mol. The average Bonchev–Trinajstić information content (AvgIpc) is 1.69. The Bertz CT molecular complexity index is 23.6. The van der Waals surface area contributed by atoms with Gasteiger partial charge < -0.3 is 0 Å². The number of hydrogen-bond acceptors (Lipinski definition) is 0. The third kappa shape index (κ3) is 9.71. The van der Waals surface area contributed by atoms with Gasteiger partial charge in [-0.05, 0) is 0 Å². The van der Waals surface area contributed by atoms with E-state index in [0.29, 0.717) is 0 Å². The first kappa shape index (κ1) is 11.3. The van der Waals surface area contributed by atoms with Crippen molar-refractivity contribution in [2.45, 2.75) is 39.0 Å². The van der Waals surface area contributed by atoms with Crippen molar-refractivity contribution < 1.29 is 16.5 Å². The molecule has 0 nitrogen and oxygen atoms in total. The monoisotopic (exact) mass is 157 g/mol. The van der Waals surface area contributed by atoms with Crippen molar-refractivity contribution in [2.24, 2.45) is 0 Å². The summed E-state index contributed by atoms with van der Waals surface area (Å²) in [6.45, 7) is 5.98. The Kier molecular flexibility index (Phi) is 14.8. The quantitative estimate of drug-likeness (QED) is 0.435. The predicted octanol–water partition coefficient (Wildman–Crippen LogP) is 2.79. The maximum absolute atomic E-state index is 3.76. The SMILES string of the molecule is [CH2]CCCCCC.[Ni]. The van der Waals surface area contributed by atoms with Crippen LogP contribution < -0.4 is 0 Å². The molecule has 0 atom stereocenters. The van der Waals surface area contributed by atoms with Crippen molar-refractivity contribution >= 4 is 0 Å². The molecule has 0 rings (SSSR count). The first-order valence-electron chi connectivity index (χ1n) is 3.21. The Morgan fingerprint density at radius 3 is 2.12 bits per heavy atom. The summed E-state index contributed by atoms with van der Waals surface area (Å²) in [5.74, 6) is 0. The van der Waals surface area contributed by atoms with Crippen molar-refractivity contribution in [1.82, 2.24) is 0 Å². The largest absolute Gasteiger partial charge is 0.0654 e. The zero-order valence-corrected chi connectivity index (χ0v) is 6.55. The maximum atomic E-state index is 3.76. The van der Waals surface area contributed by atoms with Crippen LogP contribution in [-0.4, -0.2) is 0 Å². The van der Waals surface area contributed by atoms with Gasteiger partial charge in [0.15, 0.2) is 0 Å². The van der Waals surface area contributed by atoms with Gasteiger partial charge >= 0.3 is 0 Å². The summed E-state index contributed by atoms with van der Waals surface area (Å²) < 4.78 is 0. The molecule has 8 heavy (non-hydrogen) atoms. The summed E-state index contributed by atoms with van der Waals surface area (Å²) in [6, 6.07) is 0. The van der Waals surface area contributed by atoms with Gasteiger partial charge in [-0.1, -0.05) is 46.0 Å². The Morgan fingerprint density at radius 2 is 1.75 bits per heavy atom. The zero-order valence-electron chi connectivity index (χ0n) is 5.56. The second-order valence-electron chi connectivity index (χ2n) is 1.91. The van der Waals surface area contributed by atoms with Crippen LogP contribution in [0, 0.1) is 6.92 Å².